The second kappa shape index (κ2) is 7.29. The van der Waals surface area contributed by atoms with Crippen LogP contribution in [0.1, 0.15) is 32.3 Å². The van der Waals surface area contributed by atoms with E-state index in [0.29, 0.717) is 18.0 Å². The SMILES string of the molecule is CCN=C(N)NC1CCN(Cc2ccccc2)C(C)C1. The molecule has 1 aliphatic heterocycles. The van der Waals surface area contributed by atoms with E-state index in [0.717, 1.165) is 32.5 Å². The molecule has 0 aromatic heterocycles. The number of guanidine groups is 1. The summed E-state index contributed by atoms with van der Waals surface area (Å²) in [5.41, 5.74) is 7.23. The van der Waals surface area contributed by atoms with Crippen LogP contribution in [-0.2, 0) is 6.54 Å². The van der Waals surface area contributed by atoms with Gasteiger partial charge in [-0.15, -0.1) is 0 Å². The Kier molecular flexibility index (Phi) is 5.41. The lowest BCUT2D eigenvalue weighted by Gasteiger charge is -2.38. The lowest BCUT2D eigenvalue weighted by Crippen LogP contribution is -2.50. The Morgan fingerprint density at radius 2 is 2.15 bits per heavy atom. The first-order chi connectivity index (χ1) is 9.69. The molecule has 0 aliphatic carbocycles. The van der Waals surface area contributed by atoms with Crippen LogP contribution < -0.4 is 11.1 Å². The first-order valence-corrected chi connectivity index (χ1v) is 7.53. The van der Waals surface area contributed by atoms with Crippen LogP contribution in [0, 0.1) is 0 Å². The molecule has 2 unspecified atom stereocenters. The largest absolute Gasteiger partial charge is 0.370 e. The second-order valence-electron chi connectivity index (χ2n) is 5.53. The van der Waals surface area contributed by atoms with Gasteiger partial charge in [-0.3, -0.25) is 9.89 Å². The Bertz CT molecular complexity index is 429. The predicted octanol–water partition coefficient (Wildman–Crippen LogP) is 1.96. The average molecular weight is 274 g/mol. The fourth-order valence-corrected chi connectivity index (χ4v) is 2.83. The molecule has 2 rings (SSSR count). The lowest BCUT2D eigenvalue weighted by molar-refractivity contribution is 0.134. The van der Waals surface area contributed by atoms with Crippen LogP contribution in [0.5, 0.6) is 0 Å². The Morgan fingerprint density at radius 1 is 1.40 bits per heavy atom. The summed E-state index contributed by atoms with van der Waals surface area (Å²) in [5.74, 6) is 0.584. The number of hydrogen-bond donors (Lipinski definition) is 2. The van der Waals surface area contributed by atoms with Crippen molar-refractivity contribution in [3.8, 4) is 0 Å². The Morgan fingerprint density at radius 3 is 2.80 bits per heavy atom. The minimum absolute atomic E-state index is 0.451. The van der Waals surface area contributed by atoms with Gasteiger partial charge < -0.3 is 11.1 Å². The van der Waals surface area contributed by atoms with Crippen LogP contribution in [-0.4, -0.2) is 36.0 Å². The standard InChI is InChI=1S/C16H26N4/c1-3-18-16(17)19-15-9-10-20(13(2)11-15)12-14-7-5-4-6-8-14/h4-8,13,15H,3,9-12H2,1-2H3,(H3,17,18,19). The molecule has 0 radical (unpaired) electrons. The highest BCUT2D eigenvalue weighted by Gasteiger charge is 2.25. The number of likely N-dealkylation sites (tertiary alicyclic amines) is 1. The van der Waals surface area contributed by atoms with E-state index >= 15 is 0 Å². The monoisotopic (exact) mass is 274 g/mol. The molecule has 1 aromatic carbocycles. The first kappa shape index (κ1) is 14.9. The third kappa shape index (κ3) is 4.23. The maximum atomic E-state index is 5.84. The maximum Gasteiger partial charge on any atom is 0.188 e. The molecule has 1 heterocycles. The van der Waals surface area contributed by atoms with Crippen LogP contribution in [0.15, 0.2) is 35.3 Å². The summed E-state index contributed by atoms with van der Waals surface area (Å²) in [5, 5.41) is 3.34. The molecule has 4 heteroatoms. The third-order valence-corrected chi connectivity index (χ3v) is 3.92. The molecular formula is C16H26N4. The minimum atomic E-state index is 0.451. The molecule has 0 saturated carbocycles. The van der Waals surface area contributed by atoms with E-state index in [1.54, 1.807) is 0 Å². The van der Waals surface area contributed by atoms with Gasteiger partial charge >= 0.3 is 0 Å². The van der Waals surface area contributed by atoms with Crippen molar-refractivity contribution in [3.05, 3.63) is 35.9 Å². The van der Waals surface area contributed by atoms with E-state index < -0.39 is 0 Å². The van der Waals surface area contributed by atoms with Gasteiger partial charge in [0.1, 0.15) is 0 Å². The van der Waals surface area contributed by atoms with E-state index in [1.807, 2.05) is 6.92 Å². The molecule has 1 aliphatic rings. The number of piperidine rings is 1. The molecular weight excluding hydrogens is 248 g/mol. The normalized spacial score (nSPS) is 24.6. The molecule has 110 valence electrons. The van der Waals surface area contributed by atoms with Crippen molar-refractivity contribution in [2.45, 2.75) is 45.3 Å². The highest BCUT2D eigenvalue weighted by Crippen LogP contribution is 2.19. The first-order valence-electron chi connectivity index (χ1n) is 7.53. The molecule has 1 saturated heterocycles. The van der Waals surface area contributed by atoms with Gasteiger partial charge in [0.15, 0.2) is 5.96 Å². The highest BCUT2D eigenvalue weighted by molar-refractivity contribution is 5.78. The number of nitrogens with one attached hydrogen (secondary N) is 1. The van der Waals surface area contributed by atoms with E-state index in [9.17, 15) is 0 Å². The van der Waals surface area contributed by atoms with E-state index in [2.05, 4.69) is 52.5 Å². The highest BCUT2D eigenvalue weighted by atomic mass is 15.2. The Labute approximate surface area is 122 Å². The molecule has 0 amide bonds. The molecule has 4 nitrogen and oxygen atoms in total. The zero-order valence-electron chi connectivity index (χ0n) is 12.5. The van der Waals surface area contributed by atoms with Crippen molar-refractivity contribution in [2.75, 3.05) is 13.1 Å². The van der Waals surface area contributed by atoms with Gasteiger partial charge in [-0.1, -0.05) is 30.3 Å². The van der Waals surface area contributed by atoms with Gasteiger partial charge in [0.25, 0.3) is 0 Å². The van der Waals surface area contributed by atoms with Gasteiger partial charge in [-0.2, -0.15) is 0 Å². The van der Waals surface area contributed by atoms with Crippen molar-refractivity contribution in [3.63, 3.8) is 0 Å². The van der Waals surface area contributed by atoms with Crippen LogP contribution in [0.2, 0.25) is 0 Å². The summed E-state index contributed by atoms with van der Waals surface area (Å²) in [4.78, 5) is 6.74. The van der Waals surface area contributed by atoms with Crippen molar-refractivity contribution in [1.29, 1.82) is 0 Å². The van der Waals surface area contributed by atoms with Gasteiger partial charge in [0, 0.05) is 31.7 Å². The van der Waals surface area contributed by atoms with E-state index in [1.165, 1.54) is 5.56 Å². The van der Waals surface area contributed by atoms with Crippen molar-refractivity contribution in [1.82, 2.24) is 10.2 Å². The van der Waals surface area contributed by atoms with Crippen LogP contribution in [0.4, 0.5) is 0 Å². The van der Waals surface area contributed by atoms with E-state index in [4.69, 9.17) is 5.73 Å². The number of benzene rings is 1. The van der Waals surface area contributed by atoms with Crippen molar-refractivity contribution >= 4 is 5.96 Å². The Hall–Kier alpha value is -1.55. The summed E-state index contributed by atoms with van der Waals surface area (Å²) in [6.45, 7) is 7.17. The predicted molar refractivity (Wildman–Crippen MR) is 84.6 cm³/mol. The summed E-state index contributed by atoms with van der Waals surface area (Å²) < 4.78 is 0. The number of hydrogen-bond acceptors (Lipinski definition) is 2. The number of aliphatic imine (C=N–C) groups is 1. The van der Waals surface area contributed by atoms with E-state index in [-0.39, 0.29) is 0 Å². The summed E-state index contributed by atoms with van der Waals surface area (Å²) in [6, 6.07) is 11.7. The lowest BCUT2D eigenvalue weighted by atomic mass is 9.97. The third-order valence-electron chi connectivity index (χ3n) is 3.92. The summed E-state index contributed by atoms with van der Waals surface area (Å²) in [7, 11) is 0. The van der Waals surface area contributed by atoms with Crippen molar-refractivity contribution in [2.24, 2.45) is 10.7 Å². The van der Waals surface area contributed by atoms with Crippen LogP contribution in [0.3, 0.4) is 0 Å². The van der Waals surface area contributed by atoms with Crippen molar-refractivity contribution < 1.29 is 0 Å². The molecule has 0 spiro atoms. The zero-order chi connectivity index (χ0) is 14.4. The Balaban J connectivity index is 1.85. The quantitative estimate of drug-likeness (QED) is 0.652. The zero-order valence-corrected chi connectivity index (χ0v) is 12.5. The smallest absolute Gasteiger partial charge is 0.188 e. The topological polar surface area (TPSA) is 53.6 Å². The van der Waals surface area contributed by atoms with Gasteiger partial charge in [-0.05, 0) is 32.3 Å². The van der Waals surface area contributed by atoms with Crippen LogP contribution in [0.25, 0.3) is 0 Å². The average Bonchev–Trinajstić information content (AvgIpc) is 2.43. The minimum Gasteiger partial charge on any atom is -0.370 e. The summed E-state index contributed by atoms with van der Waals surface area (Å²) >= 11 is 0. The van der Waals surface area contributed by atoms with Gasteiger partial charge in [-0.25, -0.2) is 0 Å². The molecule has 2 atom stereocenters. The number of nitrogens with zero attached hydrogens (tertiary/aromatic N) is 2. The fraction of sp³-hybridized carbons (Fsp3) is 0.562. The molecule has 20 heavy (non-hydrogen) atoms. The molecule has 0 bridgehead atoms. The molecule has 1 aromatic rings. The number of nitrogens with two attached hydrogens (primary N) is 1. The molecule has 3 N–H and O–H groups in total. The maximum absolute atomic E-state index is 5.84. The summed E-state index contributed by atoms with van der Waals surface area (Å²) in [6.07, 6.45) is 2.24. The van der Waals surface area contributed by atoms with Gasteiger partial charge in [0.05, 0.1) is 0 Å². The van der Waals surface area contributed by atoms with Gasteiger partial charge in [0.2, 0.25) is 0 Å². The molecule has 1 fully saturated rings. The fourth-order valence-electron chi connectivity index (χ4n) is 2.83. The second-order valence-corrected chi connectivity index (χ2v) is 5.53. The van der Waals surface area contributed by atoms with Crippen LogP contribution >= 0.6 is 0 Å². The number of rotatable bonds is 4.